The van der Waals surface area contributed by atoms with Crippen molar-refractivity contribution in [2.75, 3.05) is 0 Å². The summed E-state index contributed by atoms with van der Waals surface area (Å²) in [5, 5.41) is 0. The predicted octanol–water partition coefficient (Wildman–Crippen LogP) is 0.672. The summed E-state index contributed by atoms with van der Waals surface area (Å²) in [5.74, 6) is 0. The van der Waals surface area contributed by atoms with Gasteiger partial charge in [0.05, 0.1) is 6.20 Å². The zero-order valence-corrected chi connectivity index (χ0v) is 6.26. The zero-order chi connectivity index (χ0) is 3.54. The fraction of sp³-hybridized carbons (Fsp3) is 0. The summed E-state index contributed by atoms with van der Waals surface area (Å²) in [4.78, 5) is 3.56. The predicted molar refractivity (Wildman–Crippen MR) is 16.5 cm³/mol. The minimum atomic E-state index is 0. The van der Waals surface area contributed by atoms with Gasteiger partial charge in [-0.25, -0.2) is 4.98 Å². The van der Waals surface area contributed by atoms with E-state index in [1.165, 1.54) is 12.7 Å². The van der Waals surface area contributed by atoms with Gasteiger partial charge in [-0.1, -0.05) is 0 Å². The van der Waals surface area contributed by atoms with Gasteiger partial charge in [0.15, 0.2) is 6.39 Å². The van der Waals surface area contributed by atoms with Gasteiger partial charge >= 0.3 is 0 Å². The molecule has 1 aromatic heterocycles. The number of hydrogen-bond acceptors (Lipinski definition) is 2. The first kappa shape index (κ1) is 5.83. The van der Waals surface area contributed by atoms with Crippen LogP contribution in [0.4, 0.5) is 0 Å². The zero-order valence-electron chi connectivity index (χ0n) is 3.29. The van der Waals surface area contributed by atoms with Crippen LogP contribution >= 0.6 is 0 Å². The molecule has 0 atom stereocenters. The minimum absolute atomic E-state index is 0. The van der Waals surface area contributed by atoms with E-state index in [1.54, 1.807) is 6.20 Å². The summed E-state index contributed by atoms with van der Waals surface area (Å²) in [6.45, 7) is 0. The van der Waals surface area contributed by atoms with Crippen molar-refractivity contribution in [3.05, 3.63) is 18.9 Å². The van der Waals surface area contributed by atoms with Gasteiger partial charge in [-0.15, -0.1) is 0 Å². The first-order valence-electron chi connectivity index (χ1n) is 1.32. The molecule has 0 saturated heterocycles. The average Bonchev–Trinajstić information content (AvgIpc) is 1.76. The van der Waals surface area contributed by atoms with Crippen LogP contribution < -0.4 is 0 Å². The van der Waals surface area contributed by atoms with E-state index in [-0.39, 0.29) is 19.5 Å². The molecule has 0 aliphatic rings. The summed E-state index contributed by atoms with van der Waals surface area (Å²) >= 11 is 0. The first-order chi connectivity index (χ1) is 2.50. The Morgan fingerprint density at radius 2 is 2.33 bits per heavy atom. The third-order valence-corrected chi connectivity index (χ3v) is 0.347. The summed E-state index contributed by atoms with van der Waals surface area (Å²) in [6, 6.07) is 0. The molecule has 0 aliphatic heterocycles. The van der Waals surface area contributed by atoms with Crippen molar-refractivity contribution in [3.63, 3.8) is 0 Å². The van der Waals surface area contributed by atoms with Gasteiger partial charge in [-0.3, -0.25) is 0 Å². The van der Waals surface area contributed by atoms with Crippen LogP contribution in [0.2, 0.25) is 0 Å². The van der Waals surface area contributed by atoms with Gasteiger partial charge in [0.1, 0.15) is 6.26 Å². The Labute approximate surface area is 48.3 Å². The van der Waals surface area contributed by atoms with Crippen LogP contribution in [0.5, 0.6) is 0 Å². The fourth-order valence-corrected chi connectivity index (χ4v) is 0.176. The Morgan fingerprint density at radius 1 is 1.50 bits per heavy atom. The molecule has 1 heterocycles. The molecule has 0 radical (unpaired) electrons. The number of oxazole rings is 1. The molecule has 0 spiro atoms. The fourth-order valence-electron chi connectivity index (χ4n) is 0.176. The quantitative estimate of drug-likeness (QED) is 0.488. The number of nitrogens with zero attached hydrogens (tertiary/aromatic N) is 1. The maximum atomic E-state index is 4.47. The van der Waals surface area contributed by atoms with E-state index < -0.39 is 0 Å². The van der Waals surface area contributed by atoms with Gasteiger partial charge < -0.3 is 4.42 Å². The third-order valence-electron chi connectivity index (χ3n) is 0.347. The summed E-state index contributed by atoms with van der Waals surface area (Å²) in [7, 11) is 0. The van der Waals surface area contributed by atoms with E-state index >= 15 is 0 Å². The van der Waals surface area contributed by atoms with Crippen LogP contribution in [-0.4, -0.2) is 4.98 Å². The smallest absolute Gasteiger partial charge is 0.180 e. The molecular formula is C3H3NOZn. The molecule has 0 fully saturated rings. The molecule has 0 unspecified atom stereocenters. The molecule has 6 heavy (non-hydrogen) atoms. The van der Waals surface area contributed by atoms with Gasteiger partial charge in [0.25, 0.3) is 0 Å². The molecule has 1 rings (SSSR count). The molecule has 0 amide bonds. The third kappa shape index (κ3) is 1.32. The van der Waals surface area contributed by atoms with Gasteiger partial charge in [0.2, 0.25) is 0 Å². The standard InChI is InChI=1S/C3H3NO.Zn/c1-2-5-3-4-1;/h1-3H;. The molecule has 1 aromatic rings. The van der Waals surface area contributed by atoms with Crippen molar-refractivity contribution in [1.82, 2.24) is 4.98 Å². The molecular weight excluding hydrogens is 131 g/mol. The van der Waals surface area contributed by atoms with E-state index in [0.29, 0.717) is 0 Å². The molecule has 0 saturated carbocycles. The topological polar surface area (TPSA) is 26.0 Å². The second-order valence-electron chi connectivity index (χ2n) is 0.676. The van der Waals surface area contributed by atoms with E-state index in [1.807, 2.05) is 0 Å². The van der Waals surface area contributed by atoms with E-state index in [4.69, 9.17) is 0 Å². The van der Waals surface area contributed by atoms with Crippen molar-refractivity contribution < 1.29 is 23.9 Å². The van der Waals surface area contributed by atoms with Gasteiger partial charge in [-0.05, 0) is 0 Å². The molecule has 0 bridgehead atoms. The van der Waals surface area contributed by atoms with Crippen molar-refractivity contribution in [1.29, 1.82) is 0 Å². The number of rotatable bonds is 0. The Bertz CT molecular complexity index is 67.3. The Morgan fingerprint density at radius 3 is 2.50 bits per heavy atom. The van der Waals surface area contributed by atoms with Crippen LogP contribution in [-0.2, 0) is 19.5 Å². The van der Waals surface area contributed by atoms with Crippen molar-refractivity contribution in [3.8, 4) is 0 Å². The van der Waals surface area contributed by atoms with E-state index in [9.17, 15) is 0 Å². The maximum absolute atomic E-state index is 4.47. The molecule has 2 nitrogen and oxygen atoms in total. The van der Waals surface area contributed by atoms with Crippen LogP contribution in [0.15, 0.2) is 23.3 Å². The second kappa shape index (κ2) is 3.04. The Kier molecular flexibility index (Phi) is 2.96. The molecule has 0 aromatic carbocycles. The number of hydrogen-bond donors (Lipinski definition) is 0. The summed E-state index contributed by atoms with van der Waals surface area (Å²) < 4.78 is 4.47. The summed E-state index contributed by atoms with van der Waals surface area (Å²) in [6.07, 6.45) is 4.47. The van der Waals surface area contributed by atoms with Crippen molar-refractivity contribution in [2.24, 2.45) is 0 Å². The SMILES string of the molecule is [Zn].c1cocn1. The van der Waals surface area contributed by atoms with Crippen molar-refractivity contribution in [2.45, 2.75) is 0 Å². The maximum Gasteiger partial charge on any atom is 0.180 e. The normalized spacial score (nSPS) is 6.67. The molecule has 0 N–H and O–H groups in total. The van der Waals surface area contributed by atoms with Crippen LogP contribution in [0.1, 0.15) is 0 Å². The molecule has 28 valence electrons. The Hall–Kier alpha value is -0.167. The molecule has 0 aliphatic carbocycles. The van der Waals surface area contributed by atoms with E-state index in [0.717, 1.165) is 0 Å². The summed E-state index contributed by atoms with van der Waals surface area (Å²) in [5.41, 5.74) is 0. The first-order valence-corrected chi connectivity index (χ1v) is 1.32. The van der Waals surface area contributed by atoms with Crippen LogP contribution in [0, 0.1) is 0 Å². The van der Waals surface area contributed by atoms with Gasteiger partial charge in [-0.2, -0.15) is 0 Å². The van der Waals surface area contributed by atoms with E-state index in [2.05, 4.69) is 9.40 Å². The monoisotopic (exact) mass is 133 g/mol. The van der Waals surface area contributed by atoms with Crippen LogP contribution in [0.25, 0.3) is 0 Å². The molecule has 3 heteroatoms. The van der Waals surface area contributed by atoms with Crippen LogP contribution in [0.3, 0.4) is 0 Å². The minimum Gasteiger partial charge on any atom is -0.452 e. The second-order valence-corrected chi connectivity index (χ2v) is 0.676. The Balaban J connectivity index is 0.000000250. The van der Waals surface area contributed by atoms with Crippen molar-refractivity contribution >= 4 is 0 Å². The largest absolute Gasteiger partial charge is 0.452 e. The average molecular weight is 134 g/mol. The number of aromatic nitrogens is 1. The van der Waals surface area contributed by atoms with Gasteiger partial charge in [0, 0.05) is 19.5 Å².